The summed E-state index contributed by atoms with van der Waals surface area (Å²) in [5.74, 6) is 0.863. The lowest BCUT2D eigenvalue weighted by atomic mass is 9.79. The Bertz CT molecular complexity index is 144. The summed E-state index contributed by atoms with van der Waals surface area (Å²) in [6, 6.07) is 0. The standard InChI is InChI=1S/C9H18O3/c1-5-6(2)8(4-10)12-9(11)7(5)3/h5-11H,4H2,1-3H3/t5-,6+,7?,8?,9+/m0/s1. The van der Waals surface area contributed by atoms with Gasteiger partial charge >= 0.3 is 0 Å². The van der Waals surface area contributed by atoms with Crippen molar-refractivity contribution >= 4 is 0 Å². The van der Waals surface area contributed by atoms with Crippen LogP contribution in [0.2, 0.25) is 0 Å². The van der Waals surface area contributed by atoms with Crippen LogP contribution in [-0.4, -0.2) is 29.2 Å². The van der Waals surface area contributed by atoms with Crippen LogP contribution in [-0.2, 0) is 4.74 Å². The van der Waals surface area contributed by atoms with Crippen molar-refractivity contribution in [1.29, 1.82) is 0 Å². The second-order valence-corrected chi connectivity index (χ2v) is 3.83. The van der Waals surface area contributed by atoms with Gasteiger partial charge in [-0.25, -0.2) is 0 Å². The molecule has 0 spiro atoms. The van der Waals surface area contributed by atoms with Gasteiger partial charge in [0, 0.05) is 5.92 Å². The van der Waals surface area contributed by atoms with E-state index in [1.54, 1.807) is 0 Å². The fraction of sp³-hybridized carbons (Fsp3) is 1.00. The molecule has 0 aliphatic carbocycles. The smallest absolute Gasteiger partial charge is 0.157 e. The van der Waals surface area contributed by atoms with E-state index in [0.29, 0.717) is 11.8 Å². The van der Waals surface area contributed by atoms with Crippen molar-refractivity contribution in [1.82, 2.24) is 0 Å². The van der Waals surface area contributed by atoms with Crippen LogP contribution in [0.3, 0.4) is 0 Å². The third-order valence-corrected chi connectivity index (χ3v) is 3.19. The number of hydrogen-bond donors (Lipinski definition) is 2. The first-order valence-corrected chi connectivity index (χ1v) is 4.52. The summed E-state index contributed by atoms with van der Waals surface area (Å²) in [5.41, 5.74) is 0. The topological polar surface area (TPSA) is 49.7 Å². The van der Waals surface area contributed by atoms with Crippen LogP contribution in [0.4, 0.5) is 0 Å². The fourth-order valence-electron chi connectivity index (χ4n) is 1.71. The zero-order valence-electron chi connectivity index (χ0n) is 7.90. The van der Waals surface area contributed by atoms with E-state index in [4.69, 9.17) is 9.84 Å². The van der Waals surface area contributed by atoms with Crippen molar-refractivity contribution in [2.45, 2.75) is 33.2 Å². The van der Waals surface area contributed by atoms with Gasteiger partial charge in [-0.2, -0.15) is 0 Å². The van der Waals surface area contributed by atoms with E-state index in [-0.39, 0.29) is 18.6 Å². The molecule has 0 amide bonds. The van der Waals surface area contributed by atoms with Crippen LogP contribution < -0.4 is 0 Å². The van der Waals surface area contributed by atoms with E-state index in [9.17, 15) is 5.11 Å². The molecule has 0 saturated carbocycles. The van der Waals surface area contributed by atoms with Crippen LogP contribution in [0, 0.1) is 17.8 Å². The number of rotatable bonds is 1. The van der Waals surface area contributed by atoms with Crippen LogP contribution in [0.5, 0.6) is 0 Å². The molecule has 2 N–H and O–H groups in total. The lowest BCUT2D eigenvalue weighted by molar-refractivity contribution is -0.232. The second kappa shape index (κ2) is 3.73. The van der Waals surface area contributed by atoms with E-state index in [2.05, 4.69) is 6.92 Å². The predicted molar refractivity (Wildman–Crippen MR) is 45.5 cm³/mol. The van der Waals surface area contributed by atoms with Crippen molar-refractivity contribution in [3.63, 3.8) is 0 Å². The molecular weight excluding hydrogens is 156 g/mol. The van der Waals surface area contributed by atoms with Crippen molar-refractivity contribution in [3.8, 4) is 0 Å². The first-order chi connectivity index (χ1) is 5.57. The molecule has 0 bridgehead atoms. The third-order valence-electron chi connectivity index (χ3n) is 3.19. The molecule has 2 unspecified atom stereocenters. The predicted octanol–water partition coefficient (Wildman–Crippen LogP) is 0.604. The van der Waals surface area contributed by atoms with E-state index in [1.807, 2.05) is 13.8 Å². The van der Waals surface area contributed by atoms with Gasteiger partial charge in [0.15, 0.2) is 6.29 Å². The average molecular weight is 174 g/mol. The number of ether oxygens (including phenoxy) is 1. The Morgan fingerprint density at radius 2 is 1.67 bits per heavy atom. The van der Waals surface area contributed by atoms with Gasteiger partial charge < -0.3 is 14.9 Å². The summed E-state index contributed by atoms with van der Waals surface area (Å²) in [6.45, 7) is 6.10. The van der Waals surface area contributed by atoms with Gasteiger partial charge in [-0.3, -0.25) is 0 Å². The minimum atomic E-state index is -0.714. The van der Waals surface area contributed by atoms with Crippen molar-refractivity contribution < 1.29 is 14.9 Å². The van der Waals surface area contributed by atoms with Gasteiger partial charge in [-0.15, -0.1) is 0 Å². The zero-order valence-corrected chi connectivity index (χ0v) is 7.90. The molecule has 1 rings (SSSR count). The van der Waals surface area contributed by atoms with Crippen molar-refractivity contribution in [2.24, 2.45) is 17.8 Å². The third kappa shape index (κ3) is 1.63. The van der Waals surface area contributed by atoms with E-state index < -0.39 is 6.29 Å². The van der Waals surface area contributed by atoms with Crippen LogP contribution in [0.25, 0.3) is 0 Å². The van der Waals surface area contributed by atoms with E-state index in [0.717, 1.165) is 0 Å². The summed E-state index contributed by atoms with van der Waals surface area (Å²) in [4.78, 5) is 0. The lowest BCUT2D eigenvalue weighted by Crippen LogP contribution is -2.46. The molecule has 1 aliphatic heterocycles. The zero-order chi connectivity index (χ0) is 9.30. The summed E-state index contributed by atoms with van der Waals surface area (Å²) in [5, 5.41) is 18.4. The molecule has 1 saturated heterocycles. The number of aliphatic hydroxyl groups excluding tert-OH is 2. The highest BCUT2D eigenvalue weighted by atomic mass is 16.6. The molecule has 1 fully saturated rings. The van der Waals surface area contributed by atoms with Gasteiger partial charge in [0.25, 0.3) is 0 Å². The Labute approximate surface area is 73.4 Å². The Balaban J connectivity index is 2.63. The summed E-state index contributed by atoms with van der Waals surface area (Å²) in [7, 11) is 0. The molecule has 0 aromatic rings. The first kappa shape index (κ1) is 9.96. The number of aliphatic hydroxyl groups is 2. The molecule has 3 heteroatoms. The SMILES string of the molecule is CC1[C@H](O)OC(CO)[C@H](C)[C@@H]1C. The van der Waals surface area contributed by atoms with Gasteiger partial charge in [-0.05, 0) is 11.8 Å². The molecule has 3 nitrogen and oxygen atoms in total. The molecule has 72 valence electrons. The first-order valence-electron chi connectivity index (χ1n) is 4.52. The highest BCUT2D eigenvalue weighted by Crippen LogP contribution is 2.33. The number of hydrogen-bond acceptors (Lipinski definition) is 3. The van der Waals surface area contributed by atoms with Crippen LogP contribution >= 0.6 is 0 Å². The van der Waals surface area contributed by atoms with Crippen molar-refractivity contribution in [3.05, 3.63) is 0 Å². The maximum absolute atomic E-state index is 9.43. The molecule has 1 heterocycles. The highest BCUT2D eigenvalue weighted by molar-refractivity contribution is 4.81. The maximum atomic E-state index is 9.43. The molecule has 5 atom stereocenters. The molecule has 0 radical (unpaired) electrons. The molecular formula is C9H18O3. The Kier molecular flexibility index (Phi) is 3.09. The Morgan fingerprint density at radius 1 is 1.08 bits per heavy atom. The summed E-state index contributed by atoms with van der Waals surface area (Å²) < 4.78 is 5.24. The lowest BCUT2D eigenvalue weighted by Gasteiger charge is -2.40. The largest absolute Gasteiger partial charge is 0.394 e. The Hall–Kier alpha value is -0.120. The molecule has 1 aliphatic rings. The Morgan fingerprint density at radius 3 is 2.17 bits per heavy atom. The average Bonchev–Trinajstić information content (AvgIpc) is 2.08. The summed E-state index contributed by atoms with van der Waals surface area (Å²) in [6.07, 6.45) is -0.917. The maximum Gasteiger partial charge on any atom is 0.157 e. The summed E-state index contributed by atoms with van der Waals surface area (Å²) >= 11 is 0. The van der Waals surface area contributed by atoms with Crippen LogP contribution in [0.1, 0.15) is 20.8 Å². The molecule has 12 heavy (non-hydrogen) atoms. The quantitative estimate of drug-likeness (QED) is 0.612. The highest BCUT2D eigenvalue weighted by Gasteiger charge is 2.37. The minimum Gasteiger partial charge on any atom is -0.394 e. The van der Waals surface area contributed by atoms with Crippen LogP contribution in [0.15, 0.2) is 0 Å². The van der Waals surface area contributed by atoms with Gasteiger partial charge in [0.05, 0.1) is 12.7 Å². The fourth-order valence-corrected chi connectivity index (χ4v) is 1.71. The van der Waals surface area contributed by atoms with Gasteiger partial charge in [-0.1, -0.05) is 20.8 Å². The molecule has 0 aromatic heterocycles. The van der Waals surface area contributed by atoms with Gasteiger partial charge in [0.1, 0.15) is 0 Å². The minimum absolute atomic E-state index is 0.00468. The van der Waals surface area contributed by atoms with Crippen molar-refractivity contribution in [2.75, 3.05) is 6.61 Å². The second-order valence-electron chi connectivity index (χ2n) is 3.83. The normalized spacial score (nSPS) is 49.2. The molecule has 0 aromatic carbocycles. The van der Waals surface area contributed by atoms with E-state index in [1.165, 1.54) is 0 Å². The monoisotopic (exact) mass is 174 g/mol. The van der Waals surface area contributed by atoms with Gasteiger partial charge in [0.2, 0.25) is 0 Å². The van der Waals surface area contributed by atoms with E-state index >= 15 is 0 Å².